The van der Waals surface area contributed by atoms with Crippen LogP contribution in [0.5, 0.6) is 0 Å². The molecular weight excluding hydrogens is 116 g/mol. The molecular formula is C6H12N2O. The van der Waals surface area contributed by atoms with Gasteiger partial charge in [-0.05, 0) is 18.4 Å². The lowest BCUT2D eigenvalue weighted by molar-refractivity contribution is 0.287. The lowest BCUT2D eigenvalue weighted by atomic mass is 10.4. The van der Waals surface area contributed by atoms with E-state index in [2.05, 4.69) is 0 Å². The van der Waals surface area contributed by atoms with E-state index >= 15 is 0 Å². The monoisotopic (exact) mass is 128 g/mol. The van der Waals surface area contributed by atoms with E-state index in [-0.39, 0.29) is 0 Å². The molecule has 0 atom stereocenters. The standard InChI is InChI=1S/C6H12N2O/c1-9-6(5-8)3-2-4-7/h2-4H,5,7-8H2,1H3/b4-2+,6-3+. The maximum absolute atomic E-state index is 5.26. The molecule has 0 saturated carbocycles. The molecule has 52 valence electrons. The van der Waals surface area contributed by atoms with E-state index in [9.17, 15) is 0 Å². The van der Waals surface area contributed by atoms with E-state index in [1.54, 1.807) is 19.3 Å². The summed E-state index contributed by atoms with van der Waals surface area (Å²) in [5, 5.41) is 0. The summed E-state index contributed by atoms with van der Waals surface area (Å²) in [6, 6.07) is 0. The topological polar surface area (TPSA) is 61.3 Å². The summed E-state index contributed by atoms with van der Waals surface area (Å²) >= 11 is 0. The average Bonchev–Trinajstić information content (AvgIpc) is 1.91. The molecule has 4 N–H and O–H groups in total. The molecule has 0 bridgehead atoms. The Morgan fingerprint density at radius 2 is 2.33 bits per heavy atom. The van der Waals surface area contributed by atoms with Crippen molar-refractivity contribution in [3.63, 3.8) is 0 Å². The number of allylic oxidation sites excluding steroid dienone is 2. The van der Waals surface area contributed by atoms with Crippen molar-refractivity contribution in [3.05, 3.63) is 24.1 Å². The van der Waals surface area contributed by atoms with E-state index in [4.69, 9.17) is 16.2 Å². The van der Waals surface area contributed by atoms with Gasteiger partial charge >= 0.3 is 0 Å². The first-order valence-electron chi connectivity index (χ1n) is 2.66. The van der Waals surface area contributed by atoms with E-state index in [1.807, 2.05) is 0 Å². The summed E-state index contributed by atoms with van der Waals surface area (Å²) < 4.78 is 4.83. The van der Waals surface area contributed by atoms with Gasteiger partial charge in [-0.25, -0.2) is 0 Å². The molecule has 9 heavy (non-hydrogen) atoms. The van der Waals surface area contributed by atoms with Crippen LogP contribution >= 0.6 is 0 Å². The van der Waals surface area contributed by atoms with Crippen LogP contribution < -0.4 is 11.5 Å². The number of hydrogen-bond acceptors (Lipinski definition) is 3. The molecule has 0 spiro atoms. The van der Waals surface area contributed by atoms with Crippen molar-refractivity contribution in [1.29, 1.82) is 0 Å². The molecule has 0 amide bonds. The molecule has 0 rings (SSSR count). The summed E-state index contributed by atoms with van der Waals surface area (Å²) in [6.45, 7) is 0.404. The van der Waals surface area contributed by atoms with E-state index < -0.39 is 0 Å². The van der Waals surface area contributed by atoms with Gasteiger partial charge in [0.2, 0.25) is 0 Å². The quantitative estimate of drug-likeness (QED) is 0.413. The highest BCUT2D eigenvalue weighted by molar-refractivity contribution is 5.07. The predicted octanol–water partition coefficient (Wildman–Crippen LogP) is -0.0522. The zero-order valence-corrected chi connectivity index (χ0v) is 5.50. The first-order valence-corrected chi connectivity index (χ1v) is 2.66. The van der Waals surface area contributed by atoms with Gasteiger partial charge in [0.1, 0.15) is 5.76 Å². The zero-order valence-electron chi connectivity index (χ0n) is 5.50. The predicted molar refractivity (Wildman–Crippen MR) is 37.5 cm³/mol. The highest BCUT2D eigenvalue weighted by Gasteiger charge is 1.84. The van der Waals surface area contributed by atoms with Crippen LogP contribution in [-0.4, -0.2) is 13.7 Å². The van der Waals surface area contributed by atoms with Crippen LogP contribution in [0.3, 0.4) is 0 Å². The second-order valence-electron chi connectivity index (χ2n) is 1.43. The summed E-state index contributed by atoms with van der Waals surface area (Å²) in [7, 11) is 1.57. The van der Waals surface area contributed by atoms with Crippen LogP contribution in [0.1, 0.15) is 0 Å². The van der Waals surface area contributed by atoms with Crippen molar-refractivity contribution in [2.45, 2.75) is 0 Å². The van der Waals surface area contributed by atoms with Gasteiger partial charge in [-0.15, -0.1) is 0 Å². The Kier molecular flexibility index (Phi) is 4.63. The van der Waals surface area contributed by atoms with Crippen LogP contribution in [0.25, 0.3) is 0 Å². The van der Waals surface area contributed by atoms with Gasteiger partial charge in [-0.1, -0.05) is 0 Å². The summed E-state index contributed by atoms with van der Waals surface area (Å²) in [4.78, 5) is 0. The third kappa shape index (κ3) is 3.61. The Morgan fingerprint density at radius 3 is 2.67 bits per heavy atom. The number of ether oxygens (including phenoxy) is 1. The zero-order chi connectivity index (χ0) is 7.11. The second-order valence-corrected chi connectivity index (χ2v) is 1.43. The molecule has 3 heteroatoms. The summed E-state index contributed by atoms with van der Waals surface area (Å²) in [6.07, 6.45) is 4.82. The van der Waals surface area contributed by atoms with Crippen LogP contribution in [0.4, 0.5) is 0 Å². The van der Waals surface area contributed by atoms with Gasteiger partial charge < -0.3 is 16.2 Å². The largest absolute Gasteiger partial charge is 0.500 e. The molecule has 0 unspecified atom stereocenters. The van der Waals surface area contributed by atoms with E-state index in [1.165, 1.54) is 6.20 Å². The molecule has 0 aromatic carbocycles. The van der Waals surface area contributed by atoms with Crippen LogP contribution in [0.2, 0.25) is 0 Å². The Labute approximate surface area is 55.0 Å². The van der Waals surface area contributed by atoms with Crippen LogP contribution in [0, 0.1) is 0 Å². The Morgan fingerprint density at radius 1 is 1.67 bits per heavy atom. The maximum Gasteiger partial charge on any atom is 0.109 e. The number of nitrogens with two attached hydrogens (primary N) is 2. The molecule has 0 saturated heterocycles. The van der Waals surface area contributed by atoms with Crippen LogP contribution in [0.15, 0.2) is 24.1 Å². The van der Waals surface area contributed by atoms with Gasteiger partial charge in [0.25, 0.3) is 0 Å². The first-order chi connectivity index (χ1) is 4.35. The molecule has 3 nitrogen and oxygen atoms in total. The fourth-order valence-electron chi connectivity index (χ4n) is 0.382. The van der Waals surface area contributed by atoms with Crippen molar-refractivity contribution < 1.29 is 4.74 Å². The van der Waals surface area contributed by atoms with Crippen LogP contribution in [-0.2, 0) is 4.74 Å². The average molecular weight is 128 g/mol. The highest BCUT2D eigenvalue weighted by Crippen LogP contribution is 1.90. The molecule has 0 aliphatic heterocycles. The first kappa shape index (κ1) is 8.04. The summed E-state index contributed by atoms with van der Waals surface area (Å²) in [5.74, 6) is 0.719. The minimum absolute atomic E-state index is 0.404. The Bertz CT molecular complexity index is 112. The molecule has 0 heterocycles. The van der Waals surface area contributed by atoms with Gasteiger partial charge in [0.05, 0.1) is 13.7 Å². The van der Waals surface area contributed by atoms with Gasteiger partial charge in [0.15, 0.2) is 0 Å². The van der Waals surface area contributed by atoms with Crippen molar-refractivity contribution in [2.24, 2.45) is 11.5 Å². The molecule has 0 aromatic rings. The smallest absolute Gasteiger partial charge is 0.109 e. The number of methoxy groups -OCH3 is 1. The van der Waals surface area contributed by atoms with Gasteiger partial charge in [-0.3, -0.25) is 0 Å². The molecule has 0 aliphatic rings. The third-order valence-electron chi connectivity index (χ3n) is 0.857. The fourth-order valence-corrected chi connectivity index (χ4v) is 0.382. The number of hydrogen-bond donors (Lipinski definition) is 2. The molecule has 0 radical (unpaired) electrons. The lowest BCUT2D eigenvalue weighted by Gasteiger charge is -1.98. The Hall–Kier alpha value is -0.960. The Balaban J connectivity index is 3.75. The van der Waals surface area contributed by atoms with Gasteiger partial charge in [-0.2, -0.15) is 0 Å². The minimum Gasteiger partial charge on any atom is -0.500 e. The maximum atomic E-state index is 5.26. The SMILES string of the molecule is CO/C(=C/C=C/N)CN. The second kappa shape index (κ2) is 5.18. The molecule has 0 aromatic heterocycles. The third-order valence-corrected chi connectivity index (χ3v) is 0.857. The molecule has 0 aliphatic carbocycles. The lowest BCUT2D eigenvalue weighted by Crippen LogP contribution is -2.03. The van der Waals surface area contributed by atoms with Crippen molar-refractivity contribution in [3.8, 4) is 0 Å². The van der Waals surface area contributed by atoms with Crippen molar-refractivity contribution in [2.75, 3.05) is 13.7 Å². The van der Waals surface area contributed by atoms with Crippen molar-refractivity contribution >= 4 is 0 Å². The van der Waals surface area contributed by atoms with E-state index in [0.29, 0.717) is 6.54 Å². The normalized spacial score (nSPS) is 12.4. The van der Waals surface area contributed by atoms with E-state index in [0.717, 1.165) is 5.76 Å². The highest BCUT2D eigenvalue weighted by atomic mass is 16.5. The van der Waals surface area contributed by atoms with Gasteiger partial charge in [0, 0.05) is 0 Å². The summed E-state index contributed by atoms with van der Waals surface area (Å²) in [5.41, 5.74) is 10.3. The molecule has 0 fully saturated rings. The van der Waals surface area contributed by atoms with Crippen molar-refractivity contribution in [1.82, 2.24) is 0 Å². The fraction of sp³-hybridized carbons (Fsp3) is 0.333. The minimum atomic E-state index is 0.404. The number of rotatable bonds is 3.